The number of hydrogen-bond acceptors (Lipinski definition) is 5. The topological polar surface area (TPSA) is 94.4 Å². The van der Waals surface area contributed by atoms with Crippen molar-refractivity contribution in [2.45, 2.75) is 39.3 Å². The minimum atomic E-state index is -0.176. The molecule has 2 aromatic heterocycles. The summed E-state index contributed by atoms with van der Waals surface area (Å²) >= 11 is 0. The van der Waals surface area contributed by atoms with Crippen molar-refractivity contribution in [2.24, 2.45) is 4.99 Å². The second-order valence-electron chi connectivity index (χ2n) is 7.66. The van der Waals surface area contributed by atoms with Crippen LogP contribution in [0.4, 0.5) is 10.1 Å². The van der Waals surface area contributed by atoms with Gasteiger partial charge < -0.3 is 20.0 Å². The van der Waals surface area contributed by atoms with Crippen molar-refractivity contribution >= 4 is 35.6 Å². The molecule has 8 nitrogen and oxygen atoms in total. The van der Waals surface area contributed by atoms with E-state index < -0.39 is 0 Å². The molecule has 1 fully saturated rings. The number of guanidine groups is 1. The number of hydrogen-bond donors (Lipinski definition) is 3. The average Bonchev–Trinajstić information content (AvgIpc) is 3.46. The van der Waals surface area contributed by atoms with Crippen LogP contribution in [-0.2, 0) is 6.54 Å². The molecule has 0 spiro atoms. The van der Waals surface area contributed by atoms with E-state index in [-0.39, 0.29) is 35.8 Å². The van der Waals surface area contributed by atoms with Crippen LogP contribution >= 0.6 is 24.0 Å². The highest BCUT2D eigenvalue weighted by molar-refractivity contribution is 14.0. The Labute approximate surface area is 204 Å². The van der Waals surface area contributed by atoms with E-state index in [1.165, 1.54) is 0 Å². The van der Waals surface area contributed by atoms with Crippen molar-refractivity contribution in [3.05, 3.63) is 53.8 Å². The van der Waals surface area contributed by atoms with Gasteiger partial charge in [0.1, 0.15) is 18.2 Å². The Morgan fingerprint density at radius 1 is 1.38 bits per heavy atom. The fraction of sp³-hybridized carbons (Fsp3) is 0.409. The van der Waals surface area contributed by atoms with Crippen molar-refractivity contribution in [1.82, 2.24) is 25.8 Å². The van der Waals surface area contributed by atoms with Crippen LogP contribution in [0, 0.1) is 12.7 Å². The molecule has 0 aliphatic carbocycles. The molecule has 0 amide bonds. The summed E-state index contributed by atoms with van der Waals surface area (Å²) in [5.41, 5.74) is 1.72. The molecule has 1 aliphatic rings. The number of furan rings is 1. The van der Waals surface area contributed by atoms with Crippen molar-refractivity contribution in [1.29, 1.82) is 0 Å². The molecule has 0 bridgehead atoms. The fourth-order valence-corrected chi connectivity index (χ4v) is 3.73. The van der Waals surface area contributed by atoms with E-state index in [0.717, 1.165) is 38.0 Å². The normalized spacial score (nSPS) is 16.5. The summed E-state index contributed by atoms with van der Waals surface area (Å²) in [6, 6.07) is 9.04. The molecule has 4 rings (SSSR count). The number of rotatable bonds is 6. The third-order valence-corrected chi connectivity index (χ3v) is 5.21. The predicted octanol–water partition coefficient (Wildman–Crippen LogP) is 3.85. The van der Waals surface area contributed by atoms with Gasteiger partial charge in [0.2, 0.25) is 5.82 Å². The predicted molar refractivity (Wildman–Crippen MR) is 134 cm³/mol. The van der Waals surface area contributed by atoms with Gasteiger partial charge in [-0.1, -0.05) is 6.07 Å². The van der Waals surface area contributed by atoms with E-state index in [4.69, 9.17) is 4.42 Å². The summed E-state index contributed by atoms with van der Waals surface area (Å²) in [6.45, 7) is 6.67. The molecule has 1 unspecified atom stereocenters. The summed E-state index contributed by atoms with van der Waals surface area (Å²) in [5.74, 6) is 2.30. The highest BCUT2D eigenvalue weighted by Gasteiger charge is 2.23. The van der Waals surface area contributed by atoms with Gasteiger partial charge in [-0.3, -0.25) is 5.10 Å². The summed E-state index contributed by atoms with van der Waals surface area (Å²) in [5, 5.41) is 13.8. The molecule has 172 valence electrons. The van der Waals surface area contributed by atoms with Crippen LogP contribution in [0.2, 0.25) is 0 Å². The third-order valence-electron chi connectivity index (χ3n) is 5.21. The number of halogens is 2. The maximum absolute atomic E-state index is 14.4. The van der Waals surface area contributed by atoms with Gasteiger partial charge in [0.05, 0.1) is 12.0 Å². The van der Waals surface area contributed by atoms with Crippen molar-refractivity contribution < 1.29 is 8.81 Å². The number of benzene rings is 1. The van der Waals surface area contributed by atoms with Crippen LogP contribution in [0.5, 0.6) is 0 Å². The first kappa shape index (κ1) is 24.0. The van der Waals surface area contributed by atoms with Crippen molar-refractivity contribution in [3.8, 4) is 11.6 Å². The number of piperidine rings is 1. The summed E-state index contributed by atoms with van der Waals surface area (Å²) in [4.78, 5) is 11.2. The molecule has 0 saturated carbocycles. The molecule has 10 heteroatoms. The molecular formula is C22H29FIN7O. The maximum Gasteiger partial charge on any atom is 0.216 e. The van der Waals surface area contributed by atoms with Gasteiger partial charge in [-0.2, -0.15) is 0 Å². The number of nitrogens with zero attached hydrogens (tertiary/aromatic N) is 4. The number of aromatic nitrogens is 3. The SMILES string of the molecule is CCNC(=NCc1nc(-c2ccco2)n[nH]1)NC1CCCN(c2cc(C)ccc2F)C1.I. The Morgan fingerprint density at radius 3 is 3.03 bits per heavy atom. The highest BCUT2D eigenvalue weighted by atomic mass is 127. The third kappa shape index (κ3) is 5.99. The second-order valence-corrected chi connectivity index (χ2v) is 7.66. The average molecular weight is 553 g/mol. The molecule has 1 saturated heterocycles. The lowest BCUT2D eigenvalue weighted by Gasteiger charge is -2.35. The highest BCUT2D eigenvalue weighted by Crippen LogP contribution is 2.24. The molecular weight excluding hydrogens is 524 g/mol. The Kier molecular flexibility index (Phi) is 8.48. The van der Waals surface area contributed by atoms with Crippen molar-refractivity contribution in [3.63, 3.8) is 0 Å². The number of aryl methyl sites for hydroxylation is 1. The van der Waals surface area contributed by atoms with Crippen LogP contribution in [-0.4, -0.2) is 46.8 Å². The van der Waals surface area contributed by atoms with E-state index >= 15 is 0 Å². The number of aromatic amines is 1. The molecule has 3 heterocycles. The molecule has 1 aliphatic heterocycles. The van der Waals surface area contributed by atoms with Gasteiger partial charge in [-0.15, -0.1) is 29.1 Å². The number of anilines is 1. The van der Waals surface area contributed by atoms with Gasteiger partial charge in [0.15, 0.2) is 11.7 Å². The van der Waals surface area contributed by atoms with Crippen LogP contribution in [0.3, 0.4) is 0 Å². The van der Waals surface area contributed by atoms with Gasteiger partial charge >= 0.3 is 0 Å². The smallest absolute Gasteiger partial charge is 0.216 e. The molecule has 32 heavy (non-hydrogen) atoms. The Balaban J connectivity index is 0.00000289. The van der Waals surface area contributed by atoms with E-state index in [2.05, 4.69) is 35.7 Å². The van der Waals surface area contributed by atoms with E-state index in [9.17, 15) is 4.39 Å². The first-order chi connectivity index (χ1) is 15.1. The first-order valence-electron chi connectivity index (χ1n) is 10.6. The minimum Gasteiger partial charge on any atom is -0.461 e. The lowest BCUT2D eigenvalue weighted by molar-refractivity contribution is 0.462. The zero-order chi connectivity index (χ0) is 21.6. The minimum absolute atomic E-state index is 0. The quantitative estimate of drug-likeness (QED) is 0.244. The van der Waals surface area contributed by atoms with E-state index in [0.29, 0.717) is 35.6 Å². The number of H-pyrrole nitrogens is 1. The largest absolute Gasteiger partial charge is 0.461 e. The zero-order valence-corrected chi connectivity index (χ0v) is 20.6. The summed E-state index contributed by atoms with van der Waals surface area (Å²) in [7, 11) is 0. The standard InChI is InChI=1S/C22H28FN7O.HI/c1-3-24-22(25-13-20-27-21(29-28-20)19-7-5-11-31-19)26-16-6-4-10-30(14-16)18-12-15(2)8-9-17(18)23;/h5,7-9,11-12,16H,3-4,6,10,13-14H2,1-2H3,(H2,24,25,26)(H,27,28,29);1H. The van der Waals surface area contributed by atoms with Crippen LogP contribution < -0.4 is 15.5 Å². The molecule has 0 radical (unpaired) electrons. The first-order valence-corrected chi connectivity index (χ1v) is 10.6. The van der Waals surface area contributed by atoms with Crippen LogP contribution in [0.25, 0.3) is 11.6 Å². The monoisotopic (exact) mass is 553 g/mol. The molecule has 1 aromatic carbocycles. The molecule has 3 aromatic rings. The Hall–Kier alpha value is -2.63. The Morgan fingerprint density at radius 2 is 2.25 bits per heavy atom. The second kappa shape index (κ2) is 11.3. The lowest BCUT2D eigenvalue weighted by atomic mass is 10.0. The molecule has 3 N–H and O–H groups in total. The number of aliphatic imine (C=N–C) groups is 1. The van der Waals surface area contributed by atoms with Crippen LogP contribution in [0.15, 0.2) is 46.0 Å². The lowest BCUT2D eigenvalue weighted by Crippen LogP contribution is -2.51. The zero-order valence-electron chi connectivity index (χ0n) is 18.3. The van der Waals surface area contributed by atoms with Gasteiger partial charge in [-0.05, 0) is 56.5 Å². The van der Waals surface area contributed by atoms with Crippen molar-refractivity contribution in [2.75, 3.05) is 24.5 Å². The maximum atomic E-state index is 14.4. The van der Waals surface area contributed by atoms with Crippen LogP contribution in [0.1, 0.15) is 31.2 Å². The summed E-state index contributed by atoms with van der Waals surface area (Å²) < 4.78 is 19.7. The Bertz CT molecular complexity index is 1020. The summed E-state index contributed by atoms with van der Waals surface area (Å²) in [6.07, 6.45) is 3.57. The van der Waals surface area contributed by atoms with Gasteiger partial charge in [-0.25, -0.2) is 14.4 Å². The number of nitrogens with one attached hydrogen (secondary N) is 3. The van der Waals surface area contributed by atoms with E-state index in [1.807, 2.05) is 26.0 Å². The molecule has 1 atom stereocenters. The fourth-order valence-electron chi connectivity index (χ4n) is 3.73. The van der Waals surface area contributed by atoms with E-state index in [1.54, 1.807) is 24.5 Å². The van der Waals surface area contributed by atoms with Gasteiger partial charge in [0.25, 0.3) is 0 Å². The van der Waals surface area contributed by atoms with Gasteiger partial charge in [0, 0.05) is 25.7 Å².